The minimum Gasteiger partial charge on any atom is -0.277 e. The maximum atomic E-state index is 11.8. The van der Waals surface area contributed by atoms with Crippen molar-refractivity contribution in [2.24, 2.45) is 5.10 Å². The molecule has 0 saturated carbocycles. The zero-order valence-corrected chi connectivity index (χ0v) is 11.6. The van der Waals surface area contributed by atoms with Gasteiger partial charge in [0.15, 0.2) is 0 Å². The fourth-order valence-corrected chi connectivity index (χ4v) is 2.36. The SMILES string of the molecule is CCCNS(=O)(=O)c1ccc(NN=C(C#N)C#N)cc1. The summed E-state index contributed by atoms with van der Waals surface area (Å²) in [5.41, 5.74) is 2.66. The van der Waals surface area contributed by atoms with Crippen molar-refractivity contribution >= 4 is 21.4 Å². The van der Waals surface area contributed by atoms with Crippen molar-refractivity contribution in [3.63, 3.8) is 0 Å². The maximum absolute atomic E-state index is 11.8. The molecule has 0 unspecified atom stereocenters. The highest BCUT2D eigenvalue weighted by molar-refractivity contribution is 7.89. The molecule has 0 aliphatic heterocycles. The lowest BCUT2D eigenvalue weighted by Gasteiger charge is -2.06. The first kappa shape index (κ1) is 15.6. The Morgan fingerprint density at radius 3 is 2.35 bits per heavy atom. The highest BCUT2D eigenvalue weighted by atomic mass is 32.2. The normalized spacial score (nSPS) is 10.2. The Balaban J connectivity index is 2.83. The van der Waals surface area contributed by atoms with Crippen LogP contribution in [0.25, 0.3) is 0 Å². The maximum Gasteiger partial charge on any atom is 0.240 e. The number of nitrogens with one attached hydrogen (secondary N) is 2. The molecule has 8 heteroatoms. The molecule has 2 N–H and O–H groups in total. The Kier molecular flexibility index (Phi) is 5.66. The molecule has 0 radical (unpaired) electrons. The summed E-state index contributed by atoms with van der Waals surface area (Å²) in [5.74, 6) is 0. The second-order valence-corrected chi connectivity index (χ2v) is 5.48. The van der Waals surface area contributed by atoms with Gasteiger partial charge in [-0.2, -0.15) is 15.6 Å². The second-order valence-electron chi connectivity index (χ2n) is 3.72. The van der Waals surface area contributed by atoms with Crippen LogP contribution in [0, 0.1) is 22.7 Å². The van der Waals surface area contributed by atoms with Crippen LogP contribution in [0.1, 0.15) is 13.3 Å². The third kappa shape index (κ3) is 4.35. The topological polar surface area (TPSA) is 118 Å². The molecule has 7 nitrogen and oxygen atoms in total. The second kappa shape index (κ2) is 7.24. The van der Waals surface area contributed by atoms with Gasteiger partial charge in [-0.1, -0.05) is 6.92 Å². The van der Waals surface area contributed by atoms with E-state index in [1.807, 2.05) is 6.92 Å². The van der Waals surface area contributed by atoms with E-state index in [0.29, 0.717) is 18.7 Å². The van der Waals surface area contributed by atoms with Gasteiger partial charge < -0.3 is 0 Å². The third-order valence-electron chi connectivity index (χ3n) is 2.22. The Bertz CT molecular complexity index is 649. The Labute approximate surface area is 117 Å². The fraction of sp³-hybridized carbons (Fsp3) is 0.250. The van der Waals surface area contributed by atoms with Crippen LogP contribution in [0.2, 0.25) is 0 Å². The van der Waals surface area contributed by atoms with Crippen molar-refractivity contribution in [2.45, 2.75) is 18.2 Å². The van der Waals surface area contributed by atoms with E-state index in [9.17, 15) is 8.42 Å². The van der Waals surface area contributed by atoms with E-state index in [-0.39, 0.29) is 10.6 Å². The number of hydrazone groups is 1. The van der Waals surface area contributed by atoms with Gasteiger partial charge in [-0.25, -0.2) is 13.1 Å². The molecule has 0 spiro atoms. The van der Waals surface area contributed by atoms with Gasteiger partial charge in [-0.15, -0.1) is 0 Å². The molecule has 1 rings (SSSR count). The van der Waals surface area contributed by atoms with Crippen LogP contribution in [0.3, 0.4) is 0 Å². The van der Waals surface area contributed by atoms with E-state index in [1.165, 1.54) is 24.3 Å². The number of rotatable bonds is 6. The number of benzene rings is 1. The lowest BCUT2D eigenvalue weighted by atomic mass is 10.3. The van der Waals surface area contributed by atoms with Crippen LogP contribution in [0.15, 0.2) is 34.3 Å². The smallest absolute Gasteiger partial charge is 0.240 e. The van der Waals surface area contributed by atoms with E-state index in [0.717, 1.165) is 0 Å². The van der Waals surface area contributed by atoms with Crippen LogP contribution >= 0.6 is 0 Å². The number of nitriles is 2. The van der Waals surface area contributed by atoms with Gasteiger partial charge in [0.1, 0.15) is 12.1 Å². The van der Waals surface area contributed by atoms with Gasteiger partial charge in [0.25, 0.3) is 0 Å². The van der Waals surface area contributed by atoms with Crippen molar-refractivity contribution in [1.29, 1.82) is 10.5 Å². The summed E-state index contributed by atoms with van der Waals surface area (Å²) in [6.07, 6.45) is 0.707. The predicted molar refractivity (Wildman–Crippen MR) is 74.2 cm³/mol. The predicted octanol–water partition coefficient (Wildman–Crippen LogP) is 1.19. The molecular formula is C12H13N5O2S. The Morgan fingerprint density at radius 2 is 1.85 bits per heavy atom. The minimum absolute atomic E-state index is 0.140. The first-order valence-corrected chi connectivity index (χ1v) is 7.25. The molecule has 0 aliphatic rings. The highest BCUT2D eigenvalue weighted by Gasteiger charge is 2.12. The molecule has 0 aliphatic carbocycles. The molecule has 0 bridgehead atoms. The van der Waals surface area contributed by atoms with E-state index in [4.69, 9.17) is 10.5 Å². The summed E-state index contributed by atoms with van der Waals surface area (Å²) in [5, 5.41) is 20.6. The Hall–Kier alpha value is -2.42. The van der Waals surface area contributed by atoms with Crippen molar-refractivity contribution in [1.82, 2.24) is 4.72 Å². The largest absolute Gasteiger partial charge is 0.277 e. The van der Waals surface area contributed by atoms with E-state index >= 15 is 0 Å². The zero-order chi connectivity index (χ0) is 15.0. The molecule has 20 heavy (non-hydrogen) atoms. The molecular weight excluding hydrogens is 278 g/mol. The number of hydrogen-bond acceptors (Lipinski definition) is 6. The van der Waals surface area contributed by atoms with E-state index in [1.54, 1.807) is 12.1 Å². The van der Waals surface area contributed by atoms with Gasteiger partial charge in [0.05, 0.1) is 10.6 Å². The van der Waals surface area contributed by atoms with E-state index in [2.05, 4.69) is 15.2 Å². The lowest BCUT2D eigenvalue weighted by molar-refractivity contribution is 0.581. The molecule has 0 amide bonds. The van der Waals surface area contributed by atoms with Crippen molar-refractivity contribution < 1.29 is 8.42 Å². The van der Waals surface area contributed by atoms with Gasteiger partial charge in [-0.3, -0.25) is 5.43 Å². The minimum atomic E-state index is -3.50. The van der Waals surface area contributed by atoms with Crippen LogP contribution in [-0.2, 0) is 10.0 Å². The molecule has 0 saturated heterocycles. The van der Waals surface area contributed by atoms with Crippen molar-refractivity contribution in [3.05, 3.63) is 24.3 Å². The summed E-state index contributed by atoms with van der Waals surface area (Å²) in [6.45, 7) is 2.25. The highest BCUT2D eigenvalue weighted by Crippen LogP contribution is 2.13. The van der Waals surface area contributed by atoms with Crippen molar-refractivity contribution in [2.75, 3.05) is 12.0 Å². The van der Waals surface area contributed by atoms with Gasteiger partial charge in [0.2, 0.25) is 15.7 Å². The molecule has 1 aromatic carbocycles. The first-order chi connectivity index (χ1) is 9.53. The molecule has 1 aromatic rings. The van der Waals surface area contributed by atoms with Gasteiger partial charge in [0, 0.05) is 6.54 Å². The monoisotopic (exact) mass is 291 g/mol. The summed E-state index contributed by atoms with van der Waals surface area (Å²) >= 11 is 0. The molecule has 104 valence electrons. The molecule has 0 fully saturated rings. The summed E-state index contributed by atoms with van der Waals surface area (Å²) in [6, 6.07) is 9.02. The van der Waals surface area contributed by atoms with Crippen LogP contribution in [0.4, 0.5) is 5.69 Å². The summed E-state index contributed by atoms with van der Waals surface area (Å²) in [4.78, 5) is 0.140. The Morgan fingerprint density at radius 1 is 1.25 bits per heavy atom. The van der Waals surface area contributed by atoms with Gasteiger partial charge in [-0.05, 0) is 30.7 Å². The average molecular weight is 291 g/mol. The van der Waals surface area contributed by atoms with Crippen LogP contribution < -0.4 is 10.1 Å². The lowest BCUT2D eigenvalue weighted by Crippen LogP contribution is -2.24. The molecule has 0 aromatic heterocycles. The zero-order valence-electron chi connectivity index (χ0n) is 10.8. The third-order valence-corrected chi connectivity index (χ3v) is 3.69. The van der Waals surface area contributed by atoms with Gasteiger partial charge >= 0.3 is 0 Å². The van der Waals surface area contributed by atoms with E-state index < -0.39 is 10.0 Å². The number of anilines is 1. The van der Waals surface area contributed by atoms with Crippen LogP contribution in [0.5, 0.6) is 0 Å². The number of hydrogen-bond donors (Lipinski definition) is 2. The summed E-state index contributed by atoms with van der Waals surface area (Å²) < 4.78 is 26.1. The first-order valence-electron chi connectivity index (χ1n) is 5.77. The number of sulfonamides is 1. The standard InChI is InChI=1S/C12H13N5O2S/c1-2-7-15-20(18,19)12-5-3-10(4-6-12)16-17-11(8-13)9-14/h3-6,15-16H,2,7H2,1H3. The number of nitrogens with zero attached hydrogens (tertiary/aromatic N) is 3. The fourth-order valence-electron chi connectivity index (χ4n) is 1.22. The average Bonchev–Trinajstić information content (AvgIpc) is 2.47. The molecule has 0 atom stereocenters. The summed E-state index contributed by atoms with van der Waals surface area (Å²) in [7, 11) is -3.50. The van der Waals surface area contributed by atoms with Crippen LogP contribution in [-0.4, -0.2) is 20.7 Å². The molecule has 0 heterocycles. The van der Waals surface area contributed by atoms with Crippen molar-refractivity contribution in [3.8, 4) is 12.1 Å². The quantitative estimate of drug-likeness (QED) is 0.603.